The Morgan fingerprint density at radius 1 is 1.50 bits per heavy atom. The molecule has 1 fully saturated rings. The molecule has 1 unspecified atom stereocenters. The Morgan fingerprint density at radius 2 is 2.17 bits per heavy atom. The lowest BCUT2D eigenvalue weighted by Crippen LogP contribution is -2.46. The number of carbonyl (C=O) groups excluding carboxylic acids is 1. The maximum Gasteiger partial charge on any atom is 0.407 e. The number of amides is 1. The molecule has 0 aromatic heterocycles. The normalized spacial score (nSPS) is 21.4. The summed E-state index contributed by atoms with van der Waals surface area (Å²) in [4.78, 5) is 22.4. The molecule has 1 rings (SSSR count). The number of carboxylic acid groups (broad SMARTS) is 1. The molecule has 1 saturated heterocycles. The minimum absolute atomic E-state index is 0.163. The first kappa shape index (κ1) is 14.8. The zero-order chi connectivity index (χ0) is 13.8. The van der Waals surface area contributed by atoms with Crippen molar-refractivity contribution in [3.8, 4) is 0 Å². The molecule has 6 heteroatoms. The first-order valence-corrected chi connectivity index (χ1v) is 6.11. The molecule has 104 valence electrons. The van der Waals surface area contributed by atoms with Crippen molar-refractivity contribution < 1.29 is 24.2 Å². The van der Waals surface area contributed by atoms with Crippen molar-refractivity contribution in [2.75, 3.05) is 6.61 Å². The minimum atomic E-state index is -0.966. The average molecular weight is 259 g/mol. The third kappa shape index (κ3) is 5.35. The number of rotatable bonds is 4. The zero-order valence-electron chi connectivity index (χ0n) is 11.1. The van der Waals surface area contributed by atoms with Crippen molar-refractivity contribution in [2.24, 2.45) is 0 Å². The molecule has 0 saturated carbocycles. The summed E-state index contributed by atoms with van der Waals surface area (Å²) in [6.07, 6.45) is 0.631. The summed E-state index contributed by atoms with van der Waals surface area (Å²) in [6.45, 7) is 5.87. The maximum absolute atomic E-state index is 11.6. The van der Waals surface area contributed by atoms with E-state index in [4.69, 9.17) is 14.6 Å². The smallest absolute Gasteiger partial charge is 0.407 e. The number of nitrogens with one attached hydrogen (secondary N) is 1. The van der Waals surface area contributed by atoms with E-state index in [2.05, 4.69) is 5.32 Å². The van der Waals surface area contributed by atoms with Gasteiger partial charge in [-0.15, -0.1) is 0 Å². The van der Waals surface area contributed by atoms with Crippen molar-refractivity contribution in [1.82, 2.24) is 5.32 Å². The van der Waals surface area contributed by atoms with Crippen LogP contribution in [0.25, 0.3) is 0 Å². The lowest BCUT2D eigenvalue weighted by Gasteiger charge is -2.25. The zero-order valence-corrected chi connectivity index (χ0v) is 11.1. The van der Waals surface area contributed by atoms with E-state index >= 15 is 0 Å². The third-order valence-electron chi connectivity index (χ3n) is 2.51. The van der Waals surface area contributed by atoms with Crippen LogP contribution in [-0.2, 0) is 14.3 Å². The third-order valence-corrected chi connectivity index (χ3v) is 2.51. The number of carbonyl (C=O) groups is 2. The van der Waals surface area contributed by atoms with Gasteiger partial charge in [0.1, 0.15) is 5.60 Å². The van der Waals surface area contributed by atoms with Crippen LogP contribution in [0.4, 0.5) is 4.79 Å². The highest BCUT2D eigenvalue weighted by Gasteiger charge is 2.30. The Morgan fingerprint density at radius 3 is 2.61 bits per heavy atom. The molecule has 1 aliphatic rings. The van der Waals surface area contributed by atoms with E-state index in [9.17, 15) is 9.59 Å². The Bertz CT molecular complexity index is 304. The van der Waals surface area contributed by atoms with Crippen LogP contribution in [0.3, 0.4) is 0 Å². The summed E-state index contributed by atoms with van der Waals surface area (Å²) in [5, 5.41) is 11.4. The number of hydrogen-bond donors (Lipinski definition) is 2. The number of ether oxygens (including phenoxy) is 2. The number of alkyl carbamates (subject to hydrolysis) is 1. The molecule has 0 radical (unpaired) electrons. The highest BCUT2D eigenvalue weighted by atomic mass is 16.6. The minimum Gasteiger partial charge on any atom is -0.481 e. The Labute approximate surface area is 107 Å². The fourth-order valence-corrected chi connectivity index (χ4v) is 1.84. The van der Waals surface area contributed by atoms with E-state index in [1.807, 2.05) is 0 Å². The molecule has 1 heterocycles. The second-order valence-electron chi connectivity index (χ2n) is 5.40. The van der Waals surface area contributed by atoms with Gasteiger partial charge in [-0.3, -0.25) is 4.79 Å². The highest BCUT2D eigenvalue weighted by molar-refractivity contribution is 5.71. The second-order valence-corrected chi connectivity index (χ2v) is 5.40. The summed E-state index contributed by atoms with van der Waals surface area (Å²) in [7, 11) is 0. The molecule has 0 aliphatic carbocycles. The van der Waals surface area contributed by atoms with Crippen LogP contribution in [0.15, 0.2) is 0 Å². The average Bonchev–Trinajstić information content (AvgIpc) is 2.64. The molecule has 0 aromatic rings. The van der Waals surface area contributed by atoms with Crippen LogP contribution < -0.4 is 5.32 Å². The van der Waals surface area contributed by atoms with E-state index in [0.29, 0.717) is 6.61 Å². The molecule has 0 bridgehead atoms. The Hall–Kier alpha value is -1.30. The molecular formula is C12H21NO5. The summed E-state index contributed by atoms with van der Waals surface area (Å²) >= 11 is 0. The van der Waals surface area contributed by atoms with Crippen LogP contribution in [0.2, 0.25) is 0 Å². The van der Waals surface area contributed by atoms with E-state index < -0.39 is 23.7 Å². The lowest BCUT2D eigenvalue weighted by atomic mass is 10.1. The van der Waals surface area contributed by atoms with E-state index in [0.717, 1.165) is 12.8 Å². The summed E-state index contributed by atoms with van der Waals surface area (Å²) in [6, 6.07) is -0.542. The van der Waals surface area contributed by atoms with Gasteiger partial charge in [0.15, 0.2) is 0 Å². The maximum atomic E-state index is 11.6. The SMILES string of the molecule is CC(C)(C)OC(=O)N[C@@H](CC(=O)O)C1CCCO1. The largest absolute Gasteiger partial charge is 0.481 e. The fourth-order valence-electron chi connectivity index (χ4n) is 1.84. The van der Waals surface area contributed by atoms with Gasteiger partial charge in [-0.2, -0.15) is 0 Å². The first-order chi connectivity index (χ1) is 8.28. The van der Waals surface area contributed by atoms with Crippen LogP contribution in [0, 0.1) is 0 Å². The number of carboxylic acids is 1. The van der Waals surface area contributed by atoms with Crippen LogP contribution >= 0.6 is 0 Å². The van der Waals surface area contributed by atoms with Crippen molar-refractivity contribution in [3.63, 3.8) is 0 Å². The first-order valence-electron chi connectivity index (χ1n) is 6.11. The predicted molar refractivity (Wildman–Crippen MR) is 64.4 cm³/mol. The molecule has 1 amide bonds. The topological polar surface area (TPSA) is 84.9 Å². The van der Waals surface area contributed by atoms with Crippen LogP contribution in [-0.4, -0.2) is 41.5 Å². The molecule has 2 N–H and O–H groups in total. The van der Waals surface area contributed by atoms with Crippen molar-refractivity contribution in [2.45, 2.75) is 57.8 Å². The summed E-state index contributed by atoms with van der Waals surface area (Å²) in [5.74, 6) is -0.966. The van der Waals surface area contributed by atoms with E-state index in [-0.39, 0.29) is 12.5 Å². The lowest BCUT2D eigenvalue weighted by molar-refractivity contribution is -0.138. The van der Waals surface area contributed by atoms with Gasteiger partial charge in [0, 0.05) is 6.61 Å². The predicted octanol–water partition coefficient (Wildman–Crippen LogP) is 1.53. The highest BCUT2D eigenvalue weighted by Crippen LogP contribution is 2.18. The van der Waals surface area contributed by atoms with Crippen LogP contribution in [0.5, 0.6) is 0 Å². The Kier molecular flexibility index (Phi) is 4.95. The molecule has 1 aliphatic heterocycles. The Balaban J connectivity index is 2.54. The monoisotopic (exact) mass is 259 g/mol. The standard InChI is InChI=1S/C12H21NO5/c1-12(2,3)18-11(16)13-8(7-10(14)15)9-5-4-6-17-9/h8-9H,4-7H2,1-3H3,(H,13,16)(H,14,15)/t8-,9?/m0/s1. The van der Waals surface area contributed by atoms with Crippen molar-refractivity contribution >= 4 is 12.1 Å². The molecule has 18 heavy (non-hydrogen) atoms. The van der Waals surface area contributed by atoms with Gasteiger partial charge in [-0.05, 0) is 33.6 Å². The molecule has 0 spiro atoms. The van der Waals surface area contributed by atoms with Gasteiger partial charge < -0.3 is 19.9 Å². The van der Waals surface area contributed by atoms with E-state index in [1.54, 1.807) is 20.8 Å². The fraction of sp³-hybridized carbons (Fsp3) is 0.833. The quantitative estimate of drug-likeness (QED) is 0.799. The van der Waals surface area contributed by atoms with Gasteiger partial charge in [0.2, 0.25) is 0 Å². The molecule has 0 aromatic carbocycles. The molecule has 6 nitrogen and oxygen atoms in total. The molecule has 2 atom stereocenters. The van der Waals surface area contributed by atoms with Crippen molar-refractivity contribution in [3.05, 3.63) is 0 Å². The van der Waals surface area contributed by atoms with Crippen LogP contribution in [0.1, 0.15) is 40.0 Å². The van der Waals surface area contributed by atoms with E-state index in [1.165, 1.54) is 0 Å². The van der Waals surface area contributed by atoms with Crippen molar-refractivity contribution in [1.29, 1.82) is 0 Å². The van der Waals surface area contributed by atoms with Gasteiger partial charge in [0.25, 0.3) is 0 Å². The van der Waals surface area contributed by atoms with Gasteiger partial charge in [-0.25, -0.2) is 4.79 Å². The number of aliphatic carboxylic acids is 1. The second kappa shape index (κ2) is 6.04. The number of hydrogen-bond acceptors (Lipinski definition) is 4. The summed E-state index contributed by atoms with van der Waals surface area (Å²) in [5.41, 5.74) is -0.603. The molecular weight excluding hydrogens is 238 g/mol. The van der Waals surface area contributed by atoms with Gasteiger partial charge >= 0.3 is 12.1 Å². The van der Waals surface area contributed by atoms with Gasteiger partial charge in [0.05, 0.1) is 18.6 Å². The van der Waals surface area contributed by atoms with Gasteiger partial charge in [-0.1, -0.05) is 0 Å². The summed E-state index contributed by atoms with van der Waals surface area (Å²) < 4.78 is 10.5.